The van der Waals surface area contributed by atoms with E-state index in [1.54, 1.807) is 9.58 Å². The predicted molar refractivity (Wildman–Crippen MR) is 128 cm³/mol. The molecule has 0 fully saturated rings. The number of carboxylic acid groups (broad SMARTS) is 1. The van der Waals surface area contributed by atoms with Crippen LogP contribution >= 0.6 is 0 Å². The number of carbonyl (C=O) groups is 2. The number of aromatic carboxylic acids is 1. The van der Waals surface area contributed by atoms with E-state index in [1.807, 2.05) is 91.0 Å². The first-order valence-electron chi connectivity index (χ1n) is 11.2. The molecule has 0 saturated carbocycles. The van der Waals surface area contributed by atoms with Crippen molar-refractivity contribution >= 4 is 12.0 Å². The number of aromatic nitrogens is 2. The van der Waals surface area contributed by atoms with Crippen molar-refractivity contribution in [3.05, 3.63) is 119 Å². The van der Waals surface area contributed by atoms with Crippen molar-refractivity contribution in [3.63, 3.8) is 0 Å². The first-order valence-corrected chi connectivity index (χ1v) is 11.2. The normalized spacial score (nSPS) is 12.9. The Labute approximate surface area is 197 Å². The number of nitrogens with one attached hydrogen (secondary N) is 1. The molecule has 3 aromatic carbocycles. The van der Waals surface area contributed by atoms with Gasteiger partial charge >= 0.3 is 12.0 Å². The Morgan fingerprint density at radius 3 is 1.97 bits per heavy atom. The van der Waals surface area contributed by atoms with Crippen LogP contribution in [0.4, 0.5) is 4.79 Å². The Morgan fingerprint density at radius 1 is 0.853 bits per heavy atom. The summed E-state index contributed by atoms with van der Waals surface area (Å²) >= 11 is 0. The van der Waals surface area contributed by atoms with E-state index in [2.05, 4.69) is 10.4 Å². The maximum absolute atomic E-state index is 13.4. The Balaban J connectivity index is 1.43. The molecule has 1 aromatic heterocycles. The standard InChI is InChI=1S/C27H24N4O3/c32-26(33)25-22-18-30(17-16-23(22)31(29-25)21-14-8-3-9-15-21)27(34)28-24(19-10-4-1-5-11-19)20-12-6-2-7-13-20/h1-15,24H,16-18H2,(H,28,34)(H,32,33). The minimum absolute atomic E-state index is 0.0148. The zero-order valence-electron chi connectivity index (χ0n) is 18.5. The first kappa shape index (κ1) is 21.5. The Hall–Kier alpha value is -4.39. The molecular weight excluding hydrogens is 428 g/mol. The van der Waals surface area contributed by atoms with Crippen LogP contribution in [-0.2, 0) is 13.0 Å². The lowest BCUT2D eigenvalue weighted by molar-refractivity contribution is 0.0687. The lowest BCUT2D eigenvalue weighted by atomic mass is 9.99. The molecule has 0 aliphatic carbocycles. The second kappa shape index (κ2) is 9.23. The predicted octanol–water partition coefficient (Wildman–Crippen LogP) is 4.43. The zero-order valence-corrected chi connectivity index (χ0v) is 18.5. The minimum atomic E-state index is -1.10. The monoisotopic (exact) mass is 452 g/mol. The molecule has 1 aliphatic heterocycles. The lowest BCUT2D eigenvalue weighted by Crippen LogP contribution is -2.44. The van der Waals surface area contributed by atoms with Gasteiger partial charge in [0.15, 0.2) is 5.69 Å². The zero-order chi connectivity index (χ0) is 23.5. The van der Waals surface area contributed by atoms with Gasteiger partial charge in [-0.05, 0) is 23.3 Å². The summed E-state index contributed by atoms with van der Waals surface area (Å²) in [5.41, 5.74) is 4.14. The van der Waals surface area contributed by atoms with Crippen molar-refractivity contribution in [1.82, 2.24) is 20.0 Å². The fourth-order valence-electron chi connectivity index (χ4n) is 4.41. The van der Waals surface area contributed by atoms with Gasteiger partial charge in [-0.25, -0.2) is 14.3 Å². The number of rotatable bonds is 5. The molecule has 2 amide bonds. The highest BCUT2D eigenvalue weighted by Gasteiger charge is 2.31. The Kier molecular flexibility index (Phi) is 5.82. The summed E-state index contributed by atoms with van der Waals surface area (Å²) in [6.45, 7) is 0.651. The van der Waals surface area contributed by atoms with E-state index in [0.717, 1.165) is 22.5 Å². The third-order valence-electron chi connectivity index (χ3n) is 6.08. The fourth-order valence-corrected chi connectivity index (χ4v) is 4.41. The van der Waals surface area contributed by atoms with Gasteiger partial charge in [0.1, 0.15) is 0 Å². The van der Waals surface area contributed by atoms with Gasteiger partial charge in [-0.15, -0.1) is 0 Å². The van der Waals surface area contributed by atoms with Crippen molar-refractivity contribution in [3.8, 4) is 5.69 Å². The third-order valence-corrected chi connectivity index (χ3v) is 6.08. The summed E-state index contributed by atoms with van der Waals surface area (Å²) in [5.74, 6) is -1.10. The van der Waals surface area contributed by atoms with Crippen LogP contribution in [-0.4, -0.2) is 38.3 Å². The van der Waals surface area contributed by atoms with E-state index >= 15 is 0 Å². The molecule has 170 valence electrons. The number of para-hydroxylation sites is 1. The van der Waals surface area contributed by atoms with E-state index in [0.29, 0.717) is 18.5 Å². The summed E-state index contributed by atoms with van der Waals surface area (Å²) < 4.78 is 1.69. The number of carboxylic acids is 1. The van der Waals surface area contributed by atoms with Gasteiger partial charge in [-0.2, -0.15) is 5.10 Å². The fraction of sp³-hybridized carbons (Fsp3) is 0.148. The van der Waals surface area contributed by atoms with Crippen molar-refractivity contribution < 1.29 is 14.7 Å². The Morgan fingerprint density at radius 2 is 1.41 bits per heavy atom. The van der Waals surface area contributed by atoms with Crippen LogP contribution in [0.5, 0.6) is 0 Å². The van der Waals surface area contributed by atoms with Gasteiger partial charge in [0.2, 0.25) is 0 Å². The number of benzene rings is 3. The highest BCUT2D eigenvalue weighted by atomic mass is 16.4. The van der Waals surface area contributed by atoms with Gasteiger partial charge in [-0.3, -0.25) is 0 Å². The number of nitrogens with zero attached hydrogens (tertiary/aromatic N) is 3. The highest BCUT2D eigenvalue weighted by molar-refractivity contribution is 5.88. The molecule has 0 radical (unpaired) electrons. The SMILES string of the molecule is O=C(O)c1nn(-c2ccccc2)c2c1CN(C(=O)NC(c1ccccc1)c1ccccc1)CC2. The number of urea groups is 1. The molecule has 4 aromatic rings. The molecule has 0 saturated heterocycles. The maximum atomic E-state index is 13.4. The van der Waals surface area contributed by atoms with Crippen LogP contribution in [0.15, 0.2) is 91.0 Å². The number of amides is 2. The molecule has 0 spiro atoms. The minimum Gasteiger partial charge on any atom is -0.476 e. The van der Waals surface area contributed by atoms with Crippen LogP contribution < -0.4 is 5.32 Å². The molecular formula is C27H24N4O3. The lowest BCUT2D eigenvalue weighted by Gasteiger charge is -2.30. The second-order valence-electron chi connectivity index (χ2n) is 8.20. The van der Waals surface area contributed by atoms with Crippen molar-refractivity contribution in [2.75, 3.05) is 6.54 Å². The van der Waals surface area contributed by atoms with Crippen LogP contribution in [0.25, 0.3) is 5.69 Å². The molecule has 7 heteroatoms. The molecule has 1 aliphatic rings. The van der Waals surface area contributed by atoms with Gasteiger partial charge < -0.3 is 15.3 Å². The Bertz CT molecular complexity index is 1260. The summed E-state index contributed by atoms with van der Waals surface area (Å²) in [7, 11) is 0. The molecule has 5 rings (SSSR count). The van der Waals surface area contributed by atoms with E-state index in [-0.39, 0.29) is 24.3 Å². The molecule has 34 heavy (non-hydrogen) atoms. The molecule has 2 N–H and O–H groups in total. The van der Waals surface area contributed by atoms with Crippen LogP contribution in [0.3, 0.4) is 0 Å². The topological polar surface area (TPSA) is 87.5 Å². The number of fused-ring (bicyclic) bond motifs is 1. The van der Waals surface area contributed by atoms with E-state index in [9.17, 15) is 14.7 Å². The summed E-state index contributed by atoms with van der Waals surface area (Å²) in [4.78, 5) is 27.0. The van der Waals surface area contributed by atoms with E-state index in [1.165, 1.54) is 0 Å². The van der Waals surface area contributed by atoms with Crippen molar-refractivity contribution in [1.29, 1.82) is 0 Å². The van der Waals surface area contributed by atoms with Gasteiger partial charge in [0, 0.05) is 18.5 Å². The van der Waals surface area contributed by atoms with Crippen molar-refractivity contribution in [2.24, 2.45) is 0 Å². The van der Waals surface area contributed by atoms with Crippen LogP contribution in [0.1, 0.15) is 38.9 Å². The quantitative estimate of drug-likeness (QED) is 0.469. The summed E-state index contributed by atoms with van der Waals surface area (Å²) in [6, 6.07) is 28.5. The average molecular weight is 453 g/mol. The number of hydrogen-bond donors (Lipinski definition) is 2. The molecule has 0 atom stereocenters. The van der Waals surface area contributed by atoms with E-state index in [4.69, 9.17) is 0 Å². The third kappa shape index (κ3) is 4.15. The smallest absolute Gasteiger partial charge is 0.356 e. The van der Waals surface area contributed by atoms with Gasteiger partial charge in [-0.1, -0.05) is 78.9 Å². The maximum Gasteiger partial charge on any atom is 0.356 e. The number of hydrogen-bond acceptors (Lipinski definition) is 3. The summed E-state index contributed by atoms with van der Waals surface area (Å²) in [6.07, 6.45) is 0.513. The molecule has 7 nitrogen and oxygen atoms in total. The molecule has 2 heterocycles. The first-order chi connectivity index (χ1) is 16.6. The molecule has 0 bridgehead atoms. The average Bonchev–Trinajstić information content (AvgIpc) is 3.28. The van der Waals surface area contributed by atoms with Crippen LogP contribution in [0, 0.1) is 0 Å². The van der Waals surface area contributed by atoms with Crippen molar-refractivity contribution in [2.45, 2.75) is 19.0 Å². The number of carbonyl (C=O) groups excluding carboxylic acids is 1. The largest absolute Gasteiger partial charge is 0.476 e. The van der Waals surface area contributed by atoms with Gasteiger partial charge in [0.05, 0.1) is 24.0 Å². The highest BCUT2D eigenvalue weighted by Crippen LogP contribution is 2.27. The second-order valence-corrected chi connectivity index (χ2v) is 8.20. The van der Waals surface area contributed by atoms with E-state index < -0.39 is 5.97 Å². The van der Waals surface area contributed by atoms with Crippen LogP contribution in [0.2, 0.25) is 0 Å². The molecule has 0 unspecified atom stereocenters. The summed E-state index contributed by atoms with van der Waals surface area (Å²) in [5, 5.41) is 17.3. The van der Waals surface area contributed by atoms with Gasteiger partial charge in [0.25, 0.3) is 0 Å².